The van der Waals surface area contributed by atoms with Crippen LogP contribution in [-0.2, 0) is 64.3 Å². The Balaban J connectivity index is -0.00000192. The predicted molar refractivity (Wildman–Crippen MR) is 93.2 cm³/mol. The molecule has 1 aliphatic heterocycles. The molecule has 4 N–H and O–H groups in total. The van der Waals surface area contributed by atoms with Gasteiger partial charge in [0.15, 0.2) is 7.98 Å². The van der Waals surface area contributed by atoms with E-state index in [0.717, 1.165) is 0 Å². The first-order valence-electron chi connectivity index (χ1n) is 6.70. The van der Waals surface area contributed by atoms with Gasteiger partial charge in [-0.1, -0.05) is 13.8 Å². The smallest absolute Gasteiger partial charge is 0.358 e. The topological polar surface area (TPSA) is 172 Å². The average molecular weight is 528 g/mol. The predicted octanol–water partition coefficient (Wildman–Crippen LogP) is 1.38. The third-order valence-corrected chi connectivity index (χ3v) is 6.90. The molecule has 0 spiro atoms. The standard InChI is InChI=1S/C8H19BNO11P3.2CH3.Y/c1-3-10(9)8-4-6(2)7(19-8)5-18-23(14,15)21-24(16,17)20-22(11,12)13;;;/h6-8H,3-5H2,1-2H3,(H,14,15)(H,16,17)(H2,11,12,13);2*1H3;/q;2*-1;/t6?,7-,8-;;;/m1.../s1. The van der Waals surface area contributed by atoms with Crippen molar-refractivity contribution in [1.82, 2.24) is 4.81 Å². The second kappa shape index (κ2) is 13.0. The Morgan fingerprint density at radius 3 is 2.07 bits per heavy atom. The number of ether oxygens (including phenoxy) is 1. The molecule has 1 heterocycles. The van der Waals surface area contributed by atoms with Crippen LogP contribution < -0.4 is 0 Å². The molecule has 3 radical (unpaired) electrons. The molecule has 0 amide bonds. The van der Waals surface area contributed by atoms with Crippen molar-refractivity contribution >= 4 is 31.4 Å². The van der Waals surface area contributed by atoms with Crippen LogP contribution in [0, 0.1) is 20.8 Å². The molecular weight excluding hydrogens is 503 g/mol. The normalized spacial score (nSPS) is 26.9. The van der Waals surface area contributed by atoms with Gasteiger partial charge in [-0.05, 0) is 18.9 Å². The van der Waals surface area contributed by atoms with E-state index in [1.807, 2.05) is 6.92 Å². The molecule has 1 aliphatic rings. The summed E-state index contributed by atoms with van der Waals surface area (Å²) in [6.45, 7) is 3.64. The number of phosphoric ester groups is 1. The van der Waals surface area contributed by atoms with Gasteiger partial charge in [0.1, 0.15) is 6.23 Å². The molecule has 0 aromatic rings. The number of phosphoric acid groups is 3. The van der Waals surface area contributed by atoms with Gasteiger partial charge in [0.05, 0.1) is 12.7 Å². The average Bonchev–Trinajstić information content (AvgIpc) is 2.72. The van der Waals surface area contributed by atoms with E-state index in [2.05, 4.69) is 13.1 Å². The fourth-order valence-electron chi connectivity index (χ4n) is 1.95. The molecule has 0 bridgehead atoms. The zero-order chi connectivity index (χ0) is 18.8. The van der Waals surface area contributed by atoms with E-state index in [0.29, 0.717) is 13.0 Å². The Bertz CT molecular complexity index is 579. The Hall–Kier alpha value is 1.50. The summed E-state index contributed by atoms with van der Waals surface area (Å²) in [5.41, 5.74) is 0. The van der Waals surface area contributed by atoms with E-state index in [4.69, 9.17) is 27.4 Å². The number of hydrogen-bond donors (Lipinski definition) is 4. The SMILES string of the molecule is [B]N(CC)[C@H]1CC(C)[C@@H](COP(=O)(O)OP(=O)(O)OP(=O)(O)O)O1.[CH3-].[CH3-].[Y]. The van der Waals surface area contributed by atoms with Crippen LogP contribution >= 0.6 is 23.5 Å². The molecule has 27 heavy (non-hydrogen) atoms. The third-order valence-electron chi connectivity index (χ3n) is 3.09. The molecule has 0 aromatic heterocycles. The zero-order valence-electron chi connectivity index (χ0n) is 15.4. The summed E-state index contributed by atoms with van der Waals surface area (Å²) in [5, 5.41) is 0. The maximum Gasteiger partial charge on any atom is 0.490 e. The fourth-order valence-corrected chi connectivity index (χ4v) is 4.98. The Morgan fingerprint density at radius 1 is 1.11 bits per heavy atom. The first-order chi connectivity index (χ1) is 10.7. The van der Waals surface area contributed by atoms with E-state index in [1.54, 1.807) is 6.92 Å². The molecule has 0 aromatic carbocycles. The molecular formula is C10H25BNO11P3Y-2. The molecule has 12 nitrogen and oxygen atoms in total. The van der Waals surface area contributed by atoms with Gasteiger partial charge in [0.25, 0.3) is 0 Å². The van der Waals surface area contributed by atoms with Crippen LogP contribution in [0.4, 0.5) is 0 Å². The number of nitrogens with zero attached hydrogens (tertiary/aromatic N) is 1. The van der Waals surface area contributed by atoms with Crippen LogP contribution in [0.25, 0.3) is 0 Å². The van der Waals surface area contributed by atoms with Crippen molar-refractivity contribution in [2.45, 2.75) is 32.6 Å². The summed E-state index contributed by atoms with van der Waals surface area (Å²) in [4.78, 5) is 36.7. The summed E-state index contributed by atoms with van der Waals surface area (Å²) < 4.78 is 50.6. The van der Waals surface area contributed by atoms with Crippen LogP contribution in [0.15, 0.2) is 0 Å². The second-order valence-corrected chi connectivity index (χ2v) is 9.48. The molecule has 1 rings (SSSR count). The Labute approximate surface area is 186 Å². The minimum Gasteiger partial charge on any atom is -0.358 e. The largest absolute Gasteiger partial charge is 0.490 e. The van der Waals surface area contributed by atoms with E-state index in [-0.39, 0.29) is 53.5 Å². The molecule has 3 unspecified atom stereocenters. The van der Waals surface area contributed by atoms with Gasteiger partial charge in [-0.15, -0.1) is 0 Å². The minimum absolute atomic E-state index is 0. The molecule has 159 valence electrons. The van der Waals surface area contributed by atoms with Gasteiger partial charge < -0.3 is 44.0 Å². The van der Waals surface area contributed by atoms with Crippen molar-refractivity contribution in [3.05, 3.63) is 14.9 Å². The van der Waals surface area contributed by atoms with Crippen LogP contribution in [0.2, 0.25) is 0 Å². The molecule has 5 atom stereocenters. The van der Waals surface area contributed by atoms with Crippen molar-refractivity contribution in [3.8, 4) is 0 Å². The number of hydrogen-bond acceptors (Lipinski definition) is 8. The van der Waals surface area contributed by atoms with Crippen molar-refractivity contribution < 1.29 is 83.9 Å². The van der Waals surface area contributed by atoms with Gasteiger partial charge in [-0.25, -0.2) is 13.7 Å². The van der Waals surface area contributed by atoms with Gasteiger partial charge in [-0.2, -0.15) is 8.62 Å². The fraction of sp³-hybridized carbons (Fsp3) is 0.800. The van der Waals surface area contributed by atoms with E-state index < -0.39 is 42.4 Å². The molecule has 1 fully saturated rings. The van der Waals surface area contributed by atoms with Gasteiger partial charge in [0.2, 0.25) is 0 Å². The second-order valence-electron chi connectivity index (χ2n) is 5.06. The molecule has 0 aliphatic carbocycles. The van der Waals surface area contributed by atoms with E-state index in [9.17, 15) is 18.6 Å². The summed E-state index contributed by atoms with van der Waals surface area (Å²) in [5.74, 6) is -0.0973. The molecule has 1 saturated heterocycles. The Morgan fingerprint density at radius 2 is 1.63 bits per heavy atom. The van der Waals surface area contributed by atoms with Gasteiger partial charge in [0, 0.05) is 32.7 Å². The summed E-state index contributed by atoms with van der Waals surface area (Å²) in [6, 6.07) is 0. The first-order valence-corrected chi connectivity index (χ1v) is 11.2. The zero-order valence-corrected chi connectivity index (χ0v) is 21.0. The van der Waals surface area contributed by atoms with Gasteiger partial charge in [-0.3, -0.25) is 4.52 Å². The third kappa shape index (κ3) is 12.7. The van der Waals surface area contributed by atoms with Crippen LogP contribution in [0.3, 0.4) is 0 Å². The van der Waals surface area contributed by atoms with E-state index in [1.165, 1.54) is 4.81 Å². The quantitative estimate of drug-likeness (QED) is 0.193. The monoisotopic (exact) mass is 528 g/mol. The number of rotatable bonds is 9. The van der Waals surface area contributed by atoms with Crippen LogP contribution in [0.1, 0.15) is 20.3 Å². The van der Waals surface area contributed by atoms with Crippen molar-refractivity contribution in [2.24, 2.45) is 5.92 Å². The first kappa shape index (κ1) is 33.1. The summed E-state index contributed by atoms with van der Waals surface area (Å²) in [6.07, 6.45) is -0.522. The van der Waals surface area contributed by atoms with Crippen molar-refractivity contribution in [3.63, 3.8) is 0 Å². The maximum absolute atomic E-state index is 11.6. The molecule has 0 saturated carbocycles. The summed E-state index contributed by atoms with van der Waals surface area (Å²) >= 11 is 0. The van der Waals surface area contributed by atoms with E-state index >= 15 is 0 Å². The Kier molecular flexibility index (Phi) is 16.0. The van der Waals surface area contributed by atoms with Crippen molar-refractivity contribution in [2.75, 3.05) is 13.2 Å². The maximum atomic E-state index is 11.6. The molecule has 17 heteroatoms. The van der Waals surface area contributed by atoms with Gasteiger partial charge >= 0.3 is 23.5 Å². The van der Waals surface area contributed by atoms with Crippen LogP contribution in [0.5, 0.6) is 0 Å². The van der Waals surface area contributed by atoms with Crippen molar-refractivity contribution in [1.29, 1.82) is 0 Å². The van der Waals surface area contributed by atoms with Crippen LogP contribution in [-0.4, -0.2) is 57.8 Å². The summed E-state index contributed by atoms with van der Waals surface area (Å²) in [7, 11) is -10.4. The minimum atomic E-state index is -5.52.